The van der Waals surface area contributed by atoms with Crippen molar-refractivity contribution in [2.24, 2.45) is 0 Å². The first-order chi connectivity index (χ1) is 11.0. The lowest BCUT2D eigenvalue weighted by atomic mass is 10.2. The highest BCUT2D eigenvalue weighted by atomic mass is 35.5. The Kier molecular flexibility index (Phi) is 5.84. The van der Waals surface area contributed by atoms with Gasteiger partial charge in [0, 0.05) is 17.1 Å². The number of para-hydroxylation sites is 1. The van der Waals surface area contributed by atoms with E-state index in [1.165, 1.54) is 19.2 Å². The zero-order valence-electron chi connectivity index (χ0n) is 12.2. The lowest BCUT2D eigenvalue weighted by Crippen LogP contribution is -2.35. The van der Waals surface area contributed by atoms with Crippen molar-refractivity contribution < 1.29 is 14.3 Å². The van der Waals surface area contributed by atoms with Gasteiger partial charge in [0.25, 0.3) is 0 Å². The number of nitrogens with one attached hydrogen (secondary N) is 2. The number of anilines is 1. The molecule has 0 aliphatic rings. The molecule has 0 aliphatic heterocycles. The average molecular weight is 353 g/mol. The van der Waals surface area contributed by atoms with Crippen molar-refractivity contribution in [2.45, 2.75) is 6.54 Å². The molecule has 0 unspecified atom stereocenters. The molecule has 23 heavy (non-hydrogen) atoms. The van der Waals surface area contributed by atoms with Crippen LogP contribution in [0.5, 0.6) is 5.75 Å². The summed E-state index contributed by atoms with van der Waals surface area (Å²) >= 11 is 11.8. The molecule has 0 bridgehead atoms. The Morgan fingerprint density at radius 2 is 1.83 bits per heavy atom. The van der Waals surface area contributed by atoms with E-state index >= 15 is 0 Å². The highest BCUT2D eigenvalue weighted by Crippen LogP contribution is 2.25. The van der Waals surface area contributed by atoms with Crippen molar-refractivity contribution in [3.05, 3.63) is 58.1 Å². The maximum absolute atomic E-state index is 11.9. The number of benzene rings is 2. The first-order valence-electron chi connectivity index (χ1n) is 6.67. The van der Waals surface area contributed by atoms with E-state index in [1.54, 1.807) is 18.2 Å². The summed E-state index contributed by atoms with van der Waals surface area (Å²) in [5.41, 5.74) is 1.04. The van der Waals surface area contributed by atoms with Crippen LogP contribution in [0.2, 0.25) is 10.0 Å². The molecule has 0 saturated carbocycles. The quantitative estimate of drug-likeness (QED) is 0.830. The second kappa shape index (κ2) is 7.85. The van der Waals surface area contributed by atoms with E-state index in [9.17, 15) is 9.59 Å². The Bertz CT molecular complexity index is 735. The number of halogens is 2. The summed E-state index contributed by atoms with van der Waals surface area (Å²) in [4.78, 5) is 23.8. The zero-order valence-corrected chi connectivity index (χ0v) is 13.7. The van der Waals surface area contributed by atoms with E-state index in [4.69, 9.17) is 27.9 Å². The number of methoxy groups -OCH3 is 1. The van der Waals surface area contributed by atoms with Crippen LogP contribution in [0, 0.1) is 0 Å². The third-order valence-electron chi connectivity index (χ3n) is 3.01. The lowest BCUT2D eigenvalue weighted by molar-refractivity contribution is -0.136. The second-order valence-electron chi connectivity index (χ2n) is 4.57. The van der Waals surface area contributed by atoms with Crippen LogP contribution in [0.15, 0.2) is 42.5 Å². The van der Waals surface area contributed by atoms with Gasteiger partial charge in [0.2, 0.25) is 0 Å². The van der Waals surface area contributed by atoms with Gasteiger partial charge >= 0.3 is 11.8 Å². The Labute approximate surface area is 143 Å². The number of hydrogen-bond acceptors (Lipinski definition) is 3. The normalized spacial score (nSPS) is 10.0. The molecule has 120 valence electrons. The van der Waals surface area contributed by atoms with Gasteiger partial charge in [-0.3, -0.25) is 9.59 Å². The predicted molar refractivity (Wildman–Crippen MR) is 89.9 cm³/mol. The molecular weight excluding hydrogens is 339 g/mol. The van der Waals surface area contributed by atoms with E-state index < -0.39 is 11.8 Å². The highest BCUT2D eigenvalue weighted by molar-refractivity contribution is 6.42. The van der Waals surface area contributed by atoms with Crippen molar-refractivity contribution in [2.75, 3.05) is 12.4 Å². The van der Waals surface area contributed by atoms with E-state index in [-0.39, 0.29) is 12.2 Å². The fraction of sp³-hybridized carbons (Fsp3) is 0.125. The Balaban J connectivity index is 1.98. The van der Waals surface area contributed by atoms with Crippen LogP contribution >= 0.6 is 23.2 Å². The van der Waals surface area contributed by atoms with Gasteiger partial charge in [-0.25, -0.2) is 0 Å². The molecule has 0 radical (unpaired) electrons. The summed E-state index contributed by atoms with van der Waals surface area (Å²) < 4.78 is 5.18. The minimum Gasteiger partial charge on any atom is -0.496 e. The van der Waals surface area contributed by atoms with Crippen molar-refractivity contribution in [1.82, 2.24) is 5.32 Å². The highest BCUT2D eigenvalue weighted by Gasteiger charge is 2.15. The third-order valence-corrected chi connectivity index (χ3v) is 3.58. The monoisotopic (exact) mass is 352 g/mol. The topological polar surface area (TPSA) is 67.4 Å². The van der Waals surface area contributed by atoms with Gasteiger partial charge in [0.15, 0.2) is 0 Å². The molecule has 0 saturated heterocycles. The minimum atomic E-state index is -0.830. The molecule has 2 aromatic rings. The first-order valence-corrected chi connectivity index (χ1v) is 7.43. The summed E-state index contributed by atoms with van der Waals surface area (Å²) in [7, 11) is 1.54. The molecule has 7 heteroatoms. The van der Waals surface area contributed by atoms with E-state index in [0.717, 1.165) is 5.56 Å². The molecule has 5 nitrogen and oxygen atoms in total. The van der Waals surface area contributed by atoms with Crippen molar-refractivity contribution in [3.8, 4) is 5.75 Å². The van der Waals surface area contributed by atoms with Gasteiger partial charge < -0.3 is 15.4 Å². The number of carbonyl (C=O) groups excluding carboxylic acids is 2. The van der Waals surface area contributed by atoms with E-state index in [0.29, 0.717) is 15.8 Å². The zero-order chi connectivity index (χ0) is 16.8. The predicted octanol–water partition coefficient (Wildman–Crippen LogP) is 3.26. The minimum absolute atomic E-state index is 0.166. The Morgan fingerprint density at radius 1 is 1.09 bits per heavy atom. The smallest absolute Gasteiger partial charge is 0.313 e. The van der Waals surface area contributed by atoms with Crippen LogP contribution in [-0.2, 0) is 16.1 Å². The van der Waals surface area contributed by atoms with Gasteiger partial charge in [-0.05, 0) is 24.3 Å². The molecule has 2 aromatic carbocycles. The number of ether oxygens (including phenoxy) is 1. The summed E-state index contributed by atoms with van der Waals surface area (Å²) in [6.45, 7) is 0.166. The second-order valence-corrected chi connectivity index (χ2v) is 5.42. The fourth-order valence-electron chi connectivity index (χ4n) is 1.88. The van der Waals surface area contributed by atoms with Crippen molar-refractivity contribution in [1.29, 1.82) is 0 Å². The molecule has 0 heterocycles. The molecule has 2 amide bonds. The van der Waals surface area contributed by atoms with Gasteiger partial charge in [0.05, 0.1) is 17.8 Å². The Morgan fingerprint density at radius 3 is 2.57 bits per heavy atom. The lowest BCUT2D eigenvalue weighted by Gasteiger charge is -2.10. The van der Waals surface area contributed by atoms with Crippen LogP contribution in [-0.4, -0.2) is 18.9 Å². The molecule has 0 aromatic heterocycles. The number of rotatable bonds is 4. The van der Waals surface area contributed by atoms with Crippen LogP contribution in [0.4, 0.5) is 5.69 Å². The SMILES string of the molecule is COc1ccccc1CNC(=O)C(=O)Nc1cc(Cl)ccc1Cl. The number of carbonyl (C=O) groups is 2. The average Bonchev–Trinajstić information content (AvgIpc) is 2.56. The fourth-order valence-corrected chi connectivity index (χ4v) is 2.21. The third kappa shape index (κ3) is 4.61. The maximum atomic E-state index is 11.9. The van der Waals surface area contributed by atoms with Crippen LogP contribution in [0.1, 0.15) is 5.56 Å². The van der Waals surface area contributed by atoms with Crippen molar-refractivity contribution in [3.63, 3.8) is 0 Å². The van der Waals surface area contributed by atoms with Gasteiger partial charge in [-0.1, -0.05) is 41.4 Å². The van der Waals surface area contributed by atoms with E-state index in [2.05, 4.69) is 10.6 Å². The van der Waals surface area contributed by atoms with Crippen LogP contribution in [0.25, 0.3) is 0 Å². The van der Waals surface area contributed by atoms with Gasteiger partial charge in [0.1, 0.15) is 5.75 Å². The molecule has 2 N–H and O–H groups in total. The largest absolute Gasteiger partial charge is 0.496 e. The summed E-state index contributed by atoms with van der Waals surface area (Å²) in [6.07, 6.45) is 0. The van der Waals surface area contributed by atoms with E-state index in [1.807, 2.05) is 12.1 Å². The van der Waals surface area contributed by atoms with Crippen molar-refractivity contribution >= 4 is 40.7 Å². The summed E-state index contributed by atoms with van der Waals surface area (Å²) in [6, 6.07) is 11.8. The summed E-state index contributed by atoms with van der Waals surface area (Å²) in [5, 5.41) is 5.63. The molecule has 0 atom stereocenters. The number of amides is 2. The molecule has 0 fully saturated rings. The standard InChI is InChI=1S/C16H14Cl2N2O3/c1-23-14-5-3-2-4-10(14)9-19-15(21)16(22)20-13-8-11(17)6-7-12(13)18/h2-8H,9H2,1H3,(H,19,21)(H,20,22). The first kappa shape index (κ1) is 17.1. The molecule has 0 aliphatic carbocycles. The molecule has 0 spiro atoms. The summed E-state index contributed by atoms with van der Waals surface area (Å²) in [5.74, 6) is -0.984. The maximum Gasteiger partial charge on any atom is 0.313 e. The van der Waals surface area contributed by atoms with Crippen LogP contribution < -0.4 is 15.4 Å². The molecule has 2 rings (SSSR count). The Hall–Kier alpha value is -2.24. The van der Waals surface area contributed by atoms with Crippen LogP contribution in [0.3, 0.4) is 0 Å². The number of hydrogen-bond donors (Lipinski definition) is 2. The molecular formula is C16H14Cl2N2O3. The van der Waals surface area contributed by atoms with Gasteiger partial charge in [-0.15, -0.1) is 0 Å². The van der Waals surface area contributed by atoms with Gasteiger partial charge in [-0.2, -0.15) is 0 Å².